The van der Waals surface area contributed by atoms with Gasteiger partial charge in [-0.15, -0.1) is 0 Å². The Morgan fingerprint density at radius 1 is 1.30 bits per heavy atom. The number of nitrogens with zero attached hydrogens (tertiary/aromatic N) is 3. The molecular weight excluding hydrogens is 431 g/mol. The van der Waals surface area contributed by atoms with E-state index in [0.29, 0.717) is 17.2 Å². The minimum Gasteiger partial charge on any atom is -0.399 e. The minimum atomic E-state index is -0.635. The normalized spacial score (nSPS) is 20.0. The third-order valence-electron chi connectivity index (χ3n) is 4.49. The highest BCUT2D eigenvalue weighted by Gasteiger charge is 2.52. The van der Waals surface area contributed by atoms with E-state index in [4.69, 9.17) is 9.31 Å². The average Bonchev–Trinajstić information content (AvgIpc) is 2.95. The van der Waals surface area contributed by atoms with Crippen molar-refractivity contribution in [2.24, 2.45) is 0 Å². The summed E-state index contributed by atoms with van der Waals surface area (Å²) in [6.45, 7) is 7.82. The molecule has 2 heterocycles. The highest BCUT2D eigenvalue weighted by molar-refractivity contribution is 14.2. The number of hydrogen-bond acceptors (Lipinski definition) is 5. The Hall–Kier alpha value is -0.765. The standard InChI is InChI=1S/C13H16BIN3O4P/c1-12(2)13(3,4)22-14(21-12)8-5-10-9(7-16-17(10)23-15)11(6-8)18(19)20/h5-7,23H,1-4H3. The molecule has 1 unspecified atom stereocenters. The summed E-state index contributed by atoms with van der Waals surface area (Å²) >= 11 is 2.19. The fourth-order valence-corrected chi connectivity index (χ4v) is 3.99. The number of fused-ring (bicyclic) bond motifs is 1. The second-order valence-electron chi connectivity index (χ2n) is 6.46. The summed E-state index contributed by atoms with van der Waals surface area (Å²) in [6, 6.07) is 3.38. The zero-order valence-corrected chi connectivity index (χ0v) is 16.3. The summed E-state index contributed by atoms with van der Waals surface area (Å²) in [5.74, 6) is 0. The Kier molecular flexibility index (Phi) is 4.19. The van der Waals surface area contributed by atoms with Crippen molar-refractivity contribution in [3.63, 3.8) is 0 Å². The molecule has 10 heteroatoms. The lowest BCUT2D eigenvalue weighted by Gasteiger charge is -2.32. The lowest BCUT2D eigenvalue weighted by Crippen LogP contribution is -2.41. The van der Waals surface area contributed by atoms with Gasteiger partial charge in [-0.3, -0.25) is 10.1 Å². The largest absolute Gasteiger partial charge is 0.495 e. The molecule has 7 nitrogen and oxygen atoms in total. The van der Waals surface area contributed by atoms with E-state index in [1.54, 1.807) is 4.45 Å². The number of benzene rings is 1. The fraction of sp³-hybridized carbons (Fsp3) is 0.462. The molecule has 3 rings (SSSR count). The molecule has 0 amide bonds. The molecule has 1 aliphatic heterocycles. The Bertz CT molecular complexity index is 779. The van der Waals surface area contributed by atoms with Gasteiger partial charge in [0, 0.05) is 6.07 Å². The molecule has 2 aromatic rings. The van der Waals surface area contributed by atoms with Crippen molar-refractivity contribution in [3.8, 4) is 0 Å². The molecule has 0 N–H and O–H groups in total. The first kappa shape index (κ1) is 17.1. The van der Waals surface area contributed by atoms with Crippen LogP contribution >= 0.6 is 28.4 Å². The first-order valence-electron chi connectivity index (χ1n) is 7.04. The molecule has 0 saturated carbocycles. The van der Waals surface area contributed by atoms with E-state index >= 15 is 0 Å². The average molecular weight is 447 g/mol. The van der Waals surface area contributed by atoms with Crippen LogP contribution in [0, 0.1) is 10.1 Å². The highest BCUT2D eigenvalue weighted by atomic mass is 127. The topological polar surface area (TPSA) is 79.4 Å². The fourth-order valence-electron chi connectivity index (χ4n) is 2.46. The van der Waals surface area contributed by atoms with Crippen LogP contribution in [0.25, 0.3) is 10.9 Å². The van der Waals surface area contributed by atoms with Crippen LogP contribution in [0.4, 0.5) is 5.69 Å². The Labute approximate surface area is 148 Å². The predicted molar refractivity (Wildman–Crippen MR) is 99.8 cm³/mol. The van der Waals surface area contributed by atoms with Crippen LogP contribution in [0.5, 0.6) is 0 Å². The molecule has 1 atom stereocenters. The van der Waals surface area contributed by atoms with Gasteiger partial charge in [-0.2, -0.15) is 5.10 Å². The number of hydrogen-bond donors (Lipinski definition) is 0. The summed E-state index contributed by atoms with van der Waals surface area (Å²) < 4.78 is 13.8. The Morgan fingerprint density at radius 2 is 1.91 bits per heavy atom. The van der Waals surface area contributed by atoms with E-state index in [1.165, 1.54) is 12.3 Å². The predicted octanol–water partition coefficient (Wildman–Crippen LogP) is 3.04. The van der Waals surface area contributed by atoms with Gasteiger partial charge >= 0.3 is 7.12 Å². The summed E-state index contributed by atoms with van der Waals surface area (Å²) in [7, 11) is -0.635. The van der Waals surface area contributed by atoms with Crippen LogP contribution in [0.1, 0.15) is 27.7 Å². The Balaban J connectivity index is 2.14. The lowest BCUT2D eigenvalue weighted by molar-refractivity contribution is -0.383. The number of halogens is 1. The molecule has 0 spiro atoms. The first-order valence-corrected chi connectivity index (χ1v) is 11.1. The summed E-state index contributed by atoms with van der Waals surface area (Å²) in [4.78, 5) is 11.0. The van der Waals surface area contributed by atoms with E-state index in [9.17, 15) is 10.1 Å². The van der Waals surface area contributed by atoms with Crippen molar-refractivity contribution < 1.29 is 14.2 Å². The van der Waals surface area contributed by atoms with Crippen molar-refractivity contribution in [1.29, 1.82) is 0 Å². The van der Waals surface area contributed by atoms with Gasteiger partial charge < -0.3 is 9.31 Å². The van der Waals surface area contributed by atoms with Crippen LogP contribution < -0.4 is 5.46 Å². The molecule has 0 bridgehead atoms. The highest BCUT2D eigenvalue weighted by Crippen LogP contribution is 2.38. The van der Waals surface area contributed by atoms with Crippen LogP contribution in [0.2, 0.25) is 0 Å². The molecule has 1 aliphatic rings. The van der Waals surface area contributed by atoms with Crippen LogP contribution in [-0.4, -0.2) is 32.8 Å². The molecule has 122 valence electrons. The smallest absolute Gasteiger partial charge is 0.399 e. The van der Waals surface area contributed by atoms with Gasteiger partial charge in [0.25, 0.3) is 5.69 Å². The molecular formula is C13H16BIN3O4P. The summed E-state index contributed by atoms with van der Waals surface area (Å²) in [5.41, 5.74) is 0.392. The Morgan fingerprint density at radius 3 is 2.43 bits per heavy atom. The summed E-state index contributed by atoms with van der Waals surface area (Å²) in [5, 5.41) is 16.2. The molecule has 1 aromatic heterocycles. The van der Waals surface area contributed by atoms with Crippen molar-refractivity contribution >= 4 is 57.6 Å². The zero-order chi connectivity index (χ0) is 17.0. The van der Waals surface area contributed by atoms with E-state index in [-0.39, 0.29) is 10.6 Å². The maximum absolute atomic E-state index is 11.4. The van der Waals surface area contributed by atoms with Crippen LogP contribution in [-0.2, 0) is 9.31 Å². The second kappa shape index (κ2) is 5.65. The van der Waals surface area contributed by atoms with E-state index in [1.807, 2.05) is 33.8 Å². The van der Waals surface area contributed by atoms with Crippen molar-refractivity contribution in [3.05, 3.63) is 28.4 Å². The third kappa shape index (κ3) is 2.77. The molecule has 1 aromatic carbocycles. The van der Waals surface area contributed by atoms with Gasteiger partial charge in [0.2, 0.25) is 0 Å². The maximum atomic E-state index is 11.4. The third-order valence-corrected chi connectivity index (χ3v) is 6.38. The van der Waals surface area contributed by atoms with Crippen LogP contribution in [0.15, 0.2) is 18.3 Å². The van der Waals surface area contributed by atoms with Gasteiger partial charge in [0.15, 0.2) is 0 Å². The molecule has 23 heavy (non-hydrogen) atoms. The second-order valence-corrected chi connectivity index (χ2v) is 8.50. The number of aromatic nitrogens is 2. The van der Waals surface area contributed by atoms with Crippen LogP contribution in [0.3, 0.4) is 0 Å². The van der Waals surface area contributed by atoms with Crippen molar-refractivity contribution in [2.75, 3.05) is 0 Å². The molecule has 1 fully saturated rings. The SMILES string of the molecule is CC1(C)OB(c2cc([N+](=O)[O-])c3cnn(PI)c3c2)OC1(C)C. The monoisotopic (exact) mass is 447 g/mol. The van der Waals surface area contributed by atoms with Gasteiger partial charge in [0.1, 0.15) is 0 Å². The molecule has 1 saturated heterocycles. The number of nitro benzene ring substituents is 1. The number of non-ortho nitro benzene ring substituents is 1. The van der Waals surface area contributed by atoms with Gasteiger partial charge in [-0.1, -0.05) is 0 Å². The minimum absolute atomic E-state index is 0.0214. The quantitative estimate of drug-likeness (QED) is 0.238. The van der Waals surface area contributed by atoms with E-state index in [0.717, 1.165) is 5.52 Å². The molecule has 0 aliphatic carbocycles. The molecule has 0 radical (unpaired) electrons. The van der Waals surface area contributed by atoms with Crippen molar-refractivity contribution in [1.82, 2.24) is 9.55 Å². The number of rotatable bonds is 3. The van der Waals surface area contributed by atoms with Gasteiger partial charge in [-0.25, -0.2) is 4.45 Å². The van der Waals surface area contributed by atoms with E-state index in [2.05, 4.69) is 27.1 Å². The summed E-state index contributed by atoms with van der Waals surface area (Å²) in [6.07, 6.45) is 1.89. The number of nitro groups is 1. The van der Waals surface area contributed by atoms with Gasteiger partial charge in [0.05, 0.1) is 39.6 Å². The van der Waals surface area contributed by atoms with Gasteiger partial charge in [-0.05, 0) is 61.3 Å². The maximum Gasteiger partial charge on any atom is 0.495 e. The lowest BCUT2D eigenvalue weighted by atomic mass is 9.78. The first-order chi connectivity index (χ1) is 10.7. The zero-order valence-electron chi connectivity index (χ0n) is 13.2. The van der Waals surface area contributed by atoms with E-state index < -0.39 is 18.3 Å². The van der Waals surface area contributed by atoms with Crippen molar-refractivity contribution in [2.45, 2.75) is 38.9 Å².